The number of nitrogens with two attached hydrogens (primary N) is 1. The van der Waals surface area contributed by atoms with Gasteiger partial charge in [-0.1, -0.05) is 0 Å². The SMILES string of the molecule is Nc1cccnc1CN1CCCC1. The van der Waals surface area contributed by atoms with Crippen LogP contribution in [0, 0.1) is 0 Å². The summed E-state index contributed by atoms with van der Waals surface area (Å²) >= 11 is 0. The van der Waals surface area contributed by atoms with Gasteiger partial charge in [0.05, 0.1) is 11.4 Å². The van der Waals surface area contributed by atoms with E-state index < -0.39 is 0 Å². The maximum atomic E-state index is 5.81. The van der Waals surface area contributed by atoms with Crippen LogP contribution in [0.2, 0.25) is 0 Å². The van der Waals surface area contributed by atoms with Crippen LogP contribution < -0.4 is 5.73 Å². The number of anilines is 1. The second-order valence-electron chi connectivity index (χ2n) is 3.52. The van der Waals surface area contributed by atoms with Gasteiger partial charge < -0.3 is 5.73 Å². The van der Waals surface area contributed by atoms with Crippen molar-refractivity contribution in [3.8, 4) is 0 Å². The lowest BCUT2D eigenvalue weighted by molar-refractivity contribution is 0.328. The fourth-order valence-corrected chi connectivity index (χ4v) is 1.74. The van der Waals surface area contributed by atoms with Gasteiger partial charge in [-0.15, -0.1) is 0 Å². The number of rotatable bonds is 2. The highest BCUT2D eigenvalue weighted by molar-refractivity contribution is 5.41. The minimum Gasteiger partial charge on any atom is -0.397 e. The number of nitrogen functional groups attached to an aromatic ring is 1. The predicted octanol–water partition coefficient (Wildman–Crippen LogP) is 1.26. The second kappa shape index (κ2) is 3.75. The van der Waals surface area contributed by atoms with Crippen molar-refractivity contribution in [2.45, 2.75) is 19.4 Å². The van der Waals surface area contributed by atoms with Crippen molar-refractivity contribution in [3.05, 3.63) is 24.0 Å². The molecule has 1 aliphatic rings. The molecule has 0 spiro atoms. The molecule has 13 heavy (non-hydrogen) atoms. The molecule has 2 rings (SSSR count). The van der Waals surface area contributed by atoms with Crippen LogP contribution in [0.4, 0.5) is 5.69 Å². The first-order chi connectivity index (χ1) is 6.36. The van der Waals surface area contributed by atoms with E-state index in [1.54, 1.807) is 0 Å². The van der Waals surface area contributed by atoms with E-state index in [0.29, 0.717) is 0 Å². The Kier molecular flexibility index (Phi) is 2.45. The maximum absolute atomic E-state index is 5.81. The largest absolute Gasteiger partial charge is 0.397 e. The molecular formula is C10H15N3. The highest BCUT2D eigenvalue weighted by Crippen LogP contribution is 2.14. The van der Waals surface area contributed by atoms with Crippen LogP contribution >= 0.6 is 0 Å². The summed E-state index contributed by atoms with van der Waals surface area (Å²) in [6.07, 6.45) is 4.43. The molecule has 1 aromatic heterocycles. The first-order valence-electron chi connectivity index (χ1n) is 4.78. The van der Waals surface area contributed by atoms with Gasteiger partial charge in [-0.05, 0) is 38.1 Å². The fourth-order valence-electron chi connectivity index (χ4n) is 1.74. The molecular weight excluding hydrogens is 162 g/mol. The van der Waals surface area contributed by atoms with E-state index in [9.17, 15) is 0 Å². The minimum atomic E-state index is 0.814. The van der Waals surface area contributed by atoms with Crippen LogP contribution in [0.15, 0.2) is 18.3 Å². The molecule has 1 saturated heterocycles. The quantitative estimate of drug-likeness (QED) is 0.739. The Morgan fingerprint density at radius 1 is 1.38 bits per heavy atom. The predicted molar refractivity (Wildman–Crippen MR) is 53.2 cm³/mol. The molecule has 0 radical (unpaired) electrons. The van der Waals surface area contributed by atoms with Gasteiger partial charge in [-0.2, -0.15) is 0 Å². The van der Waals surface area contributed by atoms with Gasteiger partial charge in [-0.3, -0.25) is 9.88 Å². The van der Waals surface area contributed by atoms with Crippen molar-refractivity contribution in [1.29, 1.82) is 0 Å². The molecule has 1 aromatic rings. The van der Waals surface area contributed by atoms with Crippen LogP contribution in [0.1, 0.15) is 18.5 Å². The van der Waals surface area contributed by atoms with E-state index in [-0.39, 0.29) is 0 Å². The molecule has 0 aliphatic carbocycles. The Balaban J connectivity index is 2.04. The lowest BCUT2D eigenvalue weighted by Crippen LogP contribution is -2.19. The molecule has 70 valence electrons. The van der Waals surface area contributed by atoms with Gasteiger partial charge in [0.25, 0.3) is 0 Å². The second-order valence-corrected chi connectivity index (χ2v) is 3.52. The summed E-state index contributed by atoms with van der Waals surface area (Å²) in [5, 5.41) is 0. The van der Waals surface area contributed by atoms with Crippen molar-refractivity contribution < 1.29 is 0 Å². The van der Waals surface area contributed by atoms with Gasteiger partial charge in [-0.25, -0.2) is 0 Å². The number of pyridine rings is 1. The van der Waals surface area contributed by atoms with Gasteiger partial charge in [0.1, 0.15) is 0 Å². The zero-order chi connectivity index (χ0) is 9.10. The summed E-state index contributed by atoms with van der Waals surface area (Å²) in [6, 6.07) is 3.79. The normalized spacial score (nSPS) is 17.8. The molecule has 0 amide bonds. The molecule has 1 fully saturated rings. The average molecular weight is 177 g/mol. The van der Waals surface area contributed by atoms with Crippen LogP contribution in [0.5, 0.6) is 0 Å². The Labute approximate surface area is 78.6 Å². The minimum absolute atomic E-state index is 0.814. The van der Waals surface area contributed by atoms with E-state index in [1.807, 2.05) is 18.3 Å². The van der Waals surface area contributed by atoms with Crippen molar-refractivity contribution in [2.75, 3.05) is 18.8 Å². The topological polar surface area (TPSA) is 42.1 Å². The van der Waals surface area contributed by atoms with Crippen LogP contribution in [-0.2, 0) is 6.54 Å². The summed E-state index contributed by atoms with van der Waals surface area (Å²) in [6.45, 7) is 3.29. The number of nitrogens with zero attached hydrogens (tertiary/aromatic N) is 2. The smallest absolute Gasteiger partial charge is 0.0772 e. The lowest BCUT2D eigenvalue weighted by Gasteiger charge is -2.14. The van der Waals surface area contributed by atoms with E-state index >= 15 is 0 Å². The van der Waals surface area contributed by atoms with Gasteiger partial charge in [0.15, 0.2) is 0 Å². The summed E-state index contributed by atoms with van der Waals surface area (Å²) < 4.78 is 0. The first kappa shape index (κ1) is 8.51. The van der Waals surface area contributed by atoms with Crippen molar-refractivity contribution in [3.63, 3.8) is 0 Å². The Hall–Kier alpha value is -1.09. The summed E-state index contributed by atoms with van der Waals surface area (Å²) in [4.78, 5) is 6.68. The van der Waals surface area contributed by atoms with Crippen LogP contribution in [-0.4, -0.2) is 23.0 Å². The molecule has 3 heteroatoms. The molecule has 2 heterocycles. The van der Waals surface area contributed by atoms with E-state index in [0.717, 1.165) is 17.9 Å². The van der Waals surface area contributed by atoms with Crippen molar-refractivity contribution in [2.24, 2.45) is 0 Å². The zero-order valence-electron chi connectivity index (χ0n) is 7.74. The monoisotopic (exact) mass is 177 g/mol. The van der Waals surface area contributed by atoms with Crippen LogP contribution in [0.3, 0.4) is 0 Å². The zero-order valence-corrected chi connectivity index (χ0v) is 7.74. The molecule has 0 aromatic carbocycles. The molecule has 3 nitrogen and oxygen atoms in total. The Morgan fingerprint density at radius 3 is 2.85 bits per heavy atom. The third-order valence-corrected chi connectivity index (χ3v) is 2.50. The van der Waals surface area contributed by atoms with Crippen molar-refractivity contribution >= 4 is 5.69 Å². The molecule has 0 atom stereocenters. The highest BCUT2D eigenvalue weighted by Gasteiger charge is 2.13. The molecule has 0 unspecified atom stereocenters. The Bertz CT molecular complexity index is 279. The average Bonchev–Trinajstić information content (AvgIpc) is 2.61. The standard InChI is InChI=1S/C10H15N3/c11-9-4-3-5-12-10(9)8-13-6-1-2-7-13/h3-5H,1-2,6-8,11H2. The first-order valence-corrected chi connectivity index (χ1v) is 4.78. The molecule has 0 bridgehead atoms. The number of aromatic nitrogens is 1. The molecule has 0 saturated carbocycles. The third-order valence-electron chi connectivity index (χ3n) is 2.50. The van der Waals surface area contributed by atoms with Crippen LogP contribution in [0.25, 0.3) is 0 Å². The Morgan fingerprint density at radius 2 is 2.15 bits per heavy atom. The number of likely N-dealkylation sites (tertiary alicyclic amines) is 1. The third kappa shape index (κ3) is 1.98. The lowest BCUT2D eigenvalue weighted by atomic mass is 10.3. The fraction of sp³-hybridized carbons (Fsp3) is 0.500. The number of hydrogen-bond acceptors (Lipinski definition) is 3. The summed E-state index contributed by atoms with van der Waals surface area (Å²) in [5.74, 6) is 0. The maximum Gasteiger partial charge on any atom is 0.0772 e. The van der Waals surface area contributed by atoms with E-state index in [2.05, 4.69) is 9.88 Å². The van der Waals surface area contributed by atoms with E-state index in [4.69, 9.17) is 5.73 Å². The van der Waals surface area contributed by atoms with Gasteiger partial charge in [0.2, 0.25) is 0 Å². The highest BCUT2D eigenvalue weighted by atomic mass is 15.1. The summed E-state index contributed by atoms with van der Waals surface area (Å²) in [5.41, 5.74) is 7.64. The molecule has 1 aliphatic heterocycles. The van der Waals surface area contributed by atoms with Gasteiger partial charge in [0, 0.05) is 12.7 Å². The van der Waals surface area contributed by atoms with Gasteiger partial charge >= 0.3 is 0 Å². The van der Waals surface area contributed by atoms with Crippen molar-refractivity contribution in [1.82, 2.24) is 9.88 Å². The molecule has 2 N–H and O–H groups in total. The number of hydrogen-bond donors (Lipinski definition) is 1. The summed E-state index contributed by atoms with van der Waals surface area (Å²) in [7, 11) is 0. The van der Waals surface area contributed by atoms with E-state index in [1.165, 1.54) is 25.9 Å².